The van der Waals surface area contributed by atoms with Crippen LogP contribution >= 0.6 is 46.7 Å². The third kappa shape index (κ3) is 4.68. The van der Waals surface area contributed by atoms with E-state index in [1.807, 2.05) is 10.7 Å². The highest BCUT2D eigenvalue weighted by molar-refractivity contribution is 8.01. The Morgan fingerprint density at radius 3 is 2.72 bits per heavy atom. The quantitative estimate of drug-likeness (QED) is 0.465. The van der Waals surface area contributed by atoms with Gasteiger partial charge in [-0.15, -0.1) is 16.4 Å². The van der Waals surface area contributed by atoms with Crippen LogP contribution in [-0.2, 0) is 6.67 Å². The molecule has 134 valence electrons. The van der Waals surface area contributed by atoms with Gasteiger partial charge in [-0.25, -0.2) is 4.98 Å². The lowest BCUT2D eigenvalue weighted by Gasteiger charge is -2.19. The van der Waals surface area contributed by atoms with Crippen molar-refractivity contribution in [3.05, 3.63) is 33.2 Å². The molecule has 2 aromatic heterocycles. The van der Waals surface area contributed by atoms with Crippen LogP contribution in [0.25, 0.3) is 10.2 Å². The number of fused-ring (bicyclic) bond motifs is 1. The number of nitrogens with one attached hydrogen (secondary N) is 1. The van der Waals surface area contributed by atoms with E-state index in [2.05, 4.69) is 46.0 Å². The zero-order valence-corrected chi connectivity index (χ0v) is 18.1. The first-order valence-corrected chi connectivity index (χ1v) is 11.3. The van der Waals surface area contributed by atoms with Crippen molar-refractivity contribution in [2.75, 3.05) is 12.8 Å². The van der Waals surface area contributed by atoms with Crippen molar-refractivity contribution in [1.82, 2.24) is 14.8 Å². The Hall–Kier alpha value is -0.800. The highest BCUT2D eigenvalue weighted by Crippen LogP contribution is 2.25. The monoisotopic (exact) mass is 411 g/mol. The molecular formula is C17H23N4S4+. The molecule has 25 heavy (non-hydrogen) atoms. The zero-order valence-electron chi connectivity index (χ0n) is 14.9. The van der Waals surface area contributed by atoms with Crippen LogP contribution in [0.3, 0.4) is 0 Å². The molecule has 0 fully saturated rings. The zero-order chi connectivity index (χ0) is 18.0. The van der Waals surface area contributed by atoms with Gasteiger partial charge in [0.2, 0.25) is 0 Å². The van der Waals surface area contributed by atoms with Gasteiger partial charge in [-0.3, -0.25) is 0 Å². The fourth-order valence-corrected chi connectivity index (χ4v) is 5.76. The number of para-hydroxylation sites is 1. The number of hydrogen-bond donors (Lipinski definition) is 1. The van der Waals surface area contributed by atoms with Crippen molar-refractivity contribution >= 4 is 56.9 Å². The Bertz CT molecular complexity index is 862. The third-order valence-electron chi connectivity index (χ3n) is 3.95. The number of thiazole rings is 1. The molecule has 8 heteroatoms. The fourth-order valence-electron chi connectivity index (χ4n) is 2.34. The van der Waals surface area contributed by atoms with Crippen LogP contribution in [-0.4, -0.2) is 27.6 Å². The first-order valence-electron chi connectivity index (χ1n) is 8.32. The summed E-state index contributed by atoms with van der Waals surface area (Å²) in [5.41, 5.74) is 1.08. The summed E-state index contributed by atoms with van der Waals surface area (Å²) in [4.78, 5) is 6.13. The van der Waals surface area contributed by atoms with E-state index in [4.69, 9.17) is 22.3 Å². The maximum absolute atomic E-state index is 5.51. The molecule has 1 unspecified atom stereocenters. The molecule has 0 radical (unpaired) electrons. The average Bonchev–Trinajstić information content (AvgIpc) is 3.16. The predicted molar refractivity (Wildman–Crippen MR) is 111 cm³/mol. The van der Waals surface area contributed by atoms with E-state index in [-0.39, 0.29) is 0 Å². The van der Waals surface area contributed by atoms with Crippen LogP contribution in [0.4, 0.5) is 0 Å². The molecule has 1 aromatic carbocycles. The molecule has 0 bridgehead atoms. The number of quaternary nitrogens is 1. The summed E-state index contributed by atoms with van der Waals surface area (Å²) in [6.45, 7) is 7.42. The highest BCUT2D eigenvalue weighted by Gasteiger charge is 2.21. The molecule has 2 heterocycles. The summed E-state index contributed by atoms with van der Waals surface area (Å²) in [5, 5.41) is 5.86. The van der Waals surface area contributed by atoms with Gasteiger partial charge < -0.3 is 4.90 Å². The van der Waals surface area contributed by atoms with Gasteiger partial charge in [-0.1, -0.05) is 49.1 Å². The lowest BCUT2D eigenvalue weighted by atomic mass is 10.3. The van der Waals surface area contributed by atoms with E-state index in [0.717, 1.165) is 31.2 Å². The van der Waals surface area contributed by atoms with Crippen molar-refractivity contribution in [3.63, 3.8) is 0 Å². The number of hydrogen-bond acceptors (Lipinski definition) is 6. The largest absolute Gasteiger partial charge is 0.311 e. The molecule has 0 aliphatic carbocycles. The van der Waals surface area contributed by atoms with E-state index < -0.39 is 0 Å². The summed E-state index contributed by atoms with van der Waals surface area (Å²) >= 11 is 10.7. The van der Waals surface area contributed by atoms with Crippen LogP contribution in [0.1, 0.15) is 31.8 Å². The van der Waals surface area contributed by atoms with Crippen molar-refractivity contribution < 1.29 is 4.90 Å². The number of nitrogens with zero attached hydrogens (tertiary/aromatic N) is 3. The molecule has 3 aromatic rings. The topological polar surface area (TPSA) is 35.2 Å². The fraction of sp³-hybridized carbons (Fsp3) is 0.471. The van der Waals surface area contributed by atoms with Gasteiger partial charge in [0.05, 0.1) is 17.3 Å². The van der Waals surface area contributed by atoms with Crippen molar-refractivity contribution in [3.8, 4) is 0 Å². The average molecular weight is 412 g/mol. The highest BCUT2D eigenvalue weighted by atomic mass is 32.2. The second-order valence-electron chi connectivity index (χ2n) is 6.58. The summed E-state index contributed by atoms with van der Waals surface area (Å²) in [6.07, 6.45) is 0. The van der Waals surface area contributed by atoms with E-state index in [1.165, 1.54) is 9.60 Å². The Morgan fingerprint density at radius 2 is 2.00 bits per heavy atom. The van der Waals surface area contributed by atoms with Crippen LogP contribution in [0.2, 0.25) is 0 Å². The summed E-state index contributed by atoms with van der Waals surface area (Å²) in [5.74, 6) is 1.73. The van der Waals surface area contributed by atoms with E-state index >= 15 is 0 Å². The normalized spacial score (nSPS) is 14.3. The second-order valence-corrected chi connectivity index (χ2v) is 10.5. The maximum Gasteiger partial charge on any atom is 0.185 e. The molecule has 4 nitrogen and oxygen atoms in total. The first-order chi connectivity index (χ1) is 11.9. The van der Waals surface area contributed by atoms with E-state index in [1.54, 1.807) is 34.4 Å². The number of rotatable bonds is 7. The number of thioether (sulfide) groups is 1. The first kappa shape index (κ1) is 19.0. The van der Waals surface area contributed by atoms with Gasteiger partial charge in [0.1, 0.15) is 6.04 Å². The van der Waals surface area contributed by atoms with E-state index in [9.17, 15) is 0 Å². The summed E-state index contributed by atoms with van der Waals surface area (Å²) in [6, 6.07) is 8.61. The lowest BCUT2D eigenvalue weighted by molar-refractivity contribution is -0.933. The van der Waals surface area contributed by atoms with E-state index in [0.29, 0.717) is 12.0 Å². The van der Waals surface area contributed by atoms with Gasteiger partial charge >= 0.3 is 0 Å². The number of aromatic nitrogens is 3. The molecule has 0 saturated heterocycles. The molecule has 0 spiro atoms. The van der Waals surface area contributed by atoms with Crippen LogP contribution in [0.15, 0.2) is 28.6 Å². The van der Waals surface area contributed by atoms with Crippen LogP contribution in [0, 0.1) is 9.87 Å². The van der Waals surface area contributed by atoms with Gasteiger partial charge in [-0.2, -0.15) is 4.68 Å². The van der Waals surface area contributed by atoms with Gasteiger partial charge in [-0.05, 0) is 37.2 Å². The number of benzene rings is 1. The molecule has 1 N–H and O–H groups in total. The molecule has 3 rings (SSSR count). The predicted octanol–water partition coefficient (Wildman–Crippen LogP) is 4.27. The lowest BCUT2D eigenvalue weighted by Crippen LogP contribution is -3.08. The Balaban J connectivity index is 1.70. The van der Waals surface area contributed by atoms with Gasteiger partial charge in [0, 0.05) is 5.75 Å². The maximum atomic E-state index is 5.51. The SMILES string of the molecule is CC(C)CSc1nn(C[NH+](C)[C@@H](C)c2nc3ccccc3s2)c(=S)s1. The minimum Gasteiger partial charge on any atom is -0.311 e. The summed E-state index contributed by atoms with van der Waals surface area (Å²) < 4.78 is 5.12. The van der Waals surface area contributed by atoms with Gasteiger partial charge in [0.15, 0.2) is 20.0 Å². The van der Waals surface area contributed by atoms with Crippen molar-refractivity contribution in [2.24, 2.45) is 5.92 Å². The Morgan fingerprint density at radius 1 is 1.24 bits per heavy atom. The van der Waals surface area contributed by atoms with Crippen LogP contribution < -0.4 is 4.90 Å². The molecular weight excluding hydrogens is 388 g/mol. The Labute approximate surface area is 165 Å². The van der Waals surface area contributed by atoms with Gasteiger partial charge in [0.25, 0.3) is 0 Å². The molecule has 0 amide bonds. The third-order valence-corrected chi connectivity index (χ3v) is 8.03. The molecule has 0 aliphatic rings. The minimum absolute atomic E-state index is 0.299. The summed E-state index contributed by atoms with van der Waals surface area (Å²) in [7, 11) is 2.18. The Kier molecular flexibility index (Phi) is 6.27. The smallest absolute Gasteiger partial charge is 0.185 e. The molecule has 0 aliphatic heterocycles. The second kappa shape index (κ2) is 8.26. The molecule has 2 atom stereocenters. The van der Waals surface area contributed by atoms with Crippen LogP contribution in [0.5, 0.6) is 0 Å². The standard InChI is InChI=1S/C17H22N4S4/c1-11(2)9-23-16-19-21(17(22)25-16)10-20(4)12(3)15-18-13-7-5-6-8-14(13)24-15/h5-8,11-12H,9-10H2,1-4H3/p+1/t12-/m0/s1. The van der Waals surface area contributed by atoms with Crippen molar-refractivity contribution in [2.45, 2.75) is 37.8 Å². The minimum atomic E-state index is 0.299. The van der Waals surface area contributed by atoms with Crippen molar-refractivity contribution in [1.29, 1.82) is 0 Å². The molecule has 0 saturated carbocycles.